The molecule has 0 radical (unpaired) electrons. The van der Waals surface area contributed by atoms with Crippen molar-refractivity contribution in [3.05, 3.63) is 35.9 Å². The van der Waals surface area contributed by atoms with Gasteiger partial charge in [0.05, 0.1) is 0 Å². The van der Waals surface area contributed by atoms with Gasteiger partial charge in [-0.3, -0.25) is 0 Å². The average molecular weight is 242 g/mol. The Kier molecular flexibility index (Phi) is 4.46. The van der Waals surface area contributed by atoms with Gasteiger partial charge in [0.15, 0.2) is 0 Å². The molecule has 0 bridgehead atoms. The van der Waals surface area contributed by atoms with Gasteiger partial charge in [0, 0.05) is 16.6 Å². The lowest BCUT2D eigenvalue weighted by Crippen LogP contribution is -2.40. The Bertz CT molecular complexity index is 220. The molecule has 1 aliphatic heterocycles. The van der Waals surface area contributed by atoms with Crippen molar-refractivity contribution in [1.29, 1.82) is 0 Å². The van der Waals surface area contributed by atoms with E-state index in [2.05, 4.69) is 40.5 Å². The van der Waals surface area contributed by atoms with Crippen LogP contribution in [0, 0.1) is 0 Å². The minimum atomic E-state index is 0.413. The molecule has 0 aromatic carbocycles. The monoisotopic (exact) mass is 241 g/mol. The molecule has 0 spiro atoms. The van der Waals surface area contributed by atoms with E-state index in [4.69, 9.17) is 0 Å². The SMILES string of the molecule is C=CC[C@H]1CC=C(Br)[C@H](CC=C)N1. The zero-order valence-electron chi connectivity index (χ0n) is 7.80. The second-order valence-electron chi connectivity index (χ2n) is 3.29. The second kappa shape index (κ2) is 5.40. The molecule has 1 rings (SSSR count). The molecular formula is C11H16BrN. The molecule has 0 unspecified atom stereocenters. The third-order valence-corrected chi connectivity index (χ3v) is 3.10. The molecule has 0 saturated heterocycles. The van der Waals surface area contributed by atoms with E-state index in [9.17, 15) is 0 Å². The summed E-state index contributed by atoms with van der Waals surface area (Å²) in [4.78, 5) is 0. The molecule has 13 heavy (non-hydrogen) atoms. The summed E-state index contributed by atoms with van der Waals surface area (Å²) >= 11 is 3.56. The second-order valence-corrected chi connectivity index (χ2v) is 4.21. The van der Waals surface area contributed by atoms with Crippen LogP contribution in [0.3, 0.4) is 0 Å². The molecule has 1 heterocycles. The molecule has 0 amide bonds. The molecule has 2 heteroatoms. The van der Waals surface area contributed by atoms with E-state index in [-0.39, 0.29) is 0 Å². The van der Waals surface area contributed by atoms with E-state index >= 15 is 0 Å². The maximum absolute atomic E-state index is 3.75. The third kappa shape index (κ3) is 3.12. The van der Waals surface area contributed by atoms with E-state index in [1.807, 2.05) is 12.2 Å². The van der Waals surface area contributed by atoms with Crippen LogP contribution in [0.4, 0.5) is 0 Å². The summed E-state index contributed by atoms with van der Waals surface area (Å²) in [5.74, 6) is 0. The van der Waals surface area contributed by atoms with Crippen molar-refractivity contribution in [2.24, 2.45) is 0 Å². The lowest BCUT2D eigenvalue weighted by atomic mass is 10.0. The normalized spacial score (nSPS) is 27.9. The van der Waals surface area contributed by atoms with Crippen LogP contribution in [-0.2, 0) is 0 Å². The Morgan fingerprint density at radius 2 is 2.15 bits per heavy atom. The Labute approximate surface area is 88.7 Å². The highest BCUT2D eigenvalue weighted by Crippen LogP contribution is 2.22. The summed E-state index contributed by atoms with van der Waals surface area (Å²) in [6.45, 7) is 7.50. The van der Waals surface area contributed by atoms with E-state index in [1.165, 1.54) is 4.48 Å². The van der Waals surface area contributed by atoms with Crippen molar-refractivity contribution in [2.45, 2.75) is 31.3 Å². The number of hydrogen-bond donors (Lipinski definition) is 1. The molecule has 0 saturated carbocycles. The third-order valence-electron chi connectivity index (χ3n) is 2.22. The first-order chi connectivity index (χ1) is 6.27. The smallest absolute Gasteiger partial charge is 0.0420 e. The maximum atomic E-state index is 3.75. The number of halogens is 1. The van der Waals surface area contributed by atoms with Gasteiger partial charge >= 0.3 is 0 Å². The van der Waals surface area contributed by atoms with Crippen molar-refractivity contribution >= 4 is 15.9 Å². The van der Waals surface area contributed by atoms with Crippen molar-refractivity contribution in [2.75, 3.05) is 0 Å². The predicted molar refractivity (Wildman–Crippen MR) is 62.0 cm³/mol. The van der Waals surface area contributed by atoms with Crippen molar-refractivity contribution < 1.29 is 0 Å². The van der Waals surface area contributed by atoms with Crippen LogP contribution >= 0.6 is 15.9 Å². The Morgan fingerprint density at radius 1 is 1.46 bits per heavy atom. The van der Waals surface area contributed by atoms with Crippen LogP contribution < -0.4 is 5.32 Å². The van der Waals surface area contributed by atoms with Gasteiger partial charge in [0.1, 0.15) is 0 Å². The molecule has 2 atom stereocenters. The quantitative estimate of drug-likeness (QED) is 0.747. The van der Waals surface area contributed by atoms with Gasteiger partial charge in [0.2, 0.25) is 0 Å². The van der Waals surface area contributed by atoms with Crippen LogP contribution in [0.15, 0.2) is 35.9 Å². The van der Waals surface area contributed by atoms with Gasteiger partial charge in [-0.25, -0.2) is 0 Å². The fraction of sp³-hybridized carbons (Fsp3) is 0.455. The fourth-order valence-corrected chi connectivity index (χ4v) is 2.05. The molecular weight excluding hydrogens is 226 g/mol. The lowest BCUT2D eigenvalue weighted by molar-refractivity contribution is 0.452. The summed E-state index contributed by atoms with van der Waals surface area (Å²) in [6.07, 6.45) is 9.26. The highest BCUT2D eigenvalue weighted by Gasteiger charge is 2.19. The predicted octanol–water partition coefficient (Wildman–Crippen LogP) is 3.15. The van der Waals surface area contributed by atoms with E-state index < -0.39 is 0 Å². The topological polar surface area (TPSA) is 12.0 Å². The van der Waals surface area contributed by atoms with Gasteiger partial charge in [-0.15, -0.1) is 13.2 Å². The van der Waals surface area contributed by atoms with Crippen LogP contribution in [0.1, 0.15) is 19.3 Å². The number of hydrogen-bond acceptors (Lipinski definition) is 1. The first-order valence-corrected chi connectivity index (χ1v) is 5.40. The molecule has 0 fully saturated rings. The van der Waals surface area contributed by atoms with Crippen LogP contribution in [0.5, 0.6) is 0 Å². The largest absolute Gasteiger partial charge is 0.306 e. The van der Waals surface area contributed by atoms with Gasteiger partial charge in [-0.05, 0) is 19.3 Å². The van der Waals surface area contributed by atoms with Crippen LogP contribution in [0.2, 0.25) is 0 Å². The molecule has 72 valence electrons. The minimum Gasteiger partial charge on any atom is -0.306 e. The Balaban J connectivity index is 2.54. The minimum absolute atomic E-state index is 0.413. The average Bonchev–Trinajstić information content (AvgIpc) is 2.12. The molecule has 0 aromatic heterocycles. The van der Waals surface area contributed by atoms with Crippen LogP contribution in [-0.4, -0.2) is 12.1 Å². The molecule has 1 nitrogen and oxygen atoms in total. The summed E-state index contributed by atoms with van der Waals surface area (Å²) in [5, 5.41) is 3.55. The standard InChI is InChI=1S/C11H16BrN/c1-3-5-9-7-8-10(12)11(13-9)6-4-2/h3-4,8-9,11,13H,1-2,5-7H2/t9-,11-/m0/s1. The lowest BCUT2D eigenvalue weighted by Gasteiger charge is -2.28. The summed E-state index contributed by atoms with van der Waals surface area (Å²) in [6, 6.07) is 0.958. The maximum Gasteiger partial charge on any atom is 0.0420 e. The molecule has 1 N–H and O–H groups in total. The summed E-state index contributed by atoms with van der Waals surface area (Å²) < 4.78 is 1.26. The first kappa shape index (κ1) is 10.7. The van der Waals surface area contributed by atoms with Gasteiger partial charge < -0.3 is 5.32 Å². The van der Waals surface area contributed by atoms with Crippen molar-refractivity contribution in [3.63, 3.8) is 0 Å². The van der Waals surface area contributed by atoms with Gasteiger partial charge in [-0.1, -0.05) is 34.2 Å². The summed E-state index contributed by atoms with van der Waals surface area (Å²) in [7, 11) is 0. The highest BCUT2D eigenvalue weighted by molar-refractivity contribution is 9.11. The Hall–Kier alpha value is -0.340. The van der Waals surface area contributed by atoms with Crippen LogP contribution in [0.25, 0.3) is 0 Å². The van der Waals surface area contributed by atoms with E-state index in [1.54, 1.807) is 0 Å². The molecule has 1 aliphatic rings. The van der Waals surface area contributed by atoms with E-state index in [0.29, 0.717) is 12.1 Å². The van der Waals surface area contributed by atoms with Crippen molar-refractivity contribution in [3.8, 4) is 0 Å². The zero-order valence-corrected chi connectivity index (χ0v) is 9.39. The van der Waals surface area contributed by atoms with Gasteiger partial charge in [-0.2, -0.15) is 0 Å². The highest BCUT2D eigenvalue weighted by atomic mass is 79.9. The molecule has 0 aliphatic carbocycles. The molecule has 0 aromatic rings. The number of nitrogens with one attached hydrogen (secondary N) is 1. The van der Waals surface area contributed by atoms with Crippen molar-refractivity contribution in [1.82, 2.24) is 5.32 Å². The first-order valence-electron chi connectivity index (χ1n) is 4.61. The van der Waals surface area contributed by atoms with E-state index in [0.717, 1.165) is 19.3 Å². The summed E-state index contributed by atoms with van der Waals surface area (Å²) in [5.41, 5.74) is 0. The van der Waals surface area contributed by atoms with Gasteiger partial charge in [0.25, 0.3) is 0 Å². The fourth-order valence-electron chi connectivity index (χ4n) is 1.54. The Morgan fingerprint density at radius 3 is 2.77 bits per heavy atom. The zero-order chi connectivity index (χ0) is 9.68. The number of rotatable bonds is 4.